The normalized spacial score (nSPS) is 16.7. The maximum Gasteiger partial charge on any atom is 0.126 e. The quantitative estimate of drug-likeness (QED) is 0.681. The summed E-state index contributed by atoms with van der Waals surface area (Å²) in [5.41, 5.74) is 1.26. The van der Waals surface area contributed by atoms with Crippen LogP contribution in [-0.4, -0.2) is 23.1 Å². The average molecular weight is 353 g/mol. The number of benzene rings is 3. The molecule has 0 aliphatic carbocycles. The zero-order chi connectivity index (χ0) is 18.1. The van der Waals surface area contributed by atoms with Crippen molar-refractivity contribution in [1.82, 2.24) is 4.90 Å². The summed E-state index contributed by atoms with van der Waals surface area (Å²) >= 11 is 0. The predicted octanol–water partition coefficient (Wildman–Crippen LogP) is 5.40. The van der Waals surface area contributed by atoms with Crippen LogP contribution >= 0.6 is 0 Å². The summed E-state index contributed by atoms with van der Waals surface area (Å²) in [5.74, 6) is -1.03. The lowest BCUT2D eigenvalue weighted by Gasteiger charge is -2.36. The fraction of sp³-hybridized carbons (Fsp3) is 0.273. The number of phenolic OH excluding ortho intramolecular Hbond substituents is 1. The van der Waals surface area contributed by atoms with Crippen molar-refractivity contribution in [1.29, 1.82) is 0 Å². The van der Waals surface area contributed by atoms with E-state index in [1.165, 1.54) is 12.1 Å². The smallest absolute Gasteiger partial charge is 0.126 e. The second kappa shape index (κ2) is 7.04. The molecule has 0 saturated carbocycles. The maximum absolute atomic E-state index is 14.0. The molecule has 0 bridgehead atoms. The van der Waals surface area contributed by atoms with Crippen molar-refractivity contribution in [3.05, 3.63) is 77.4 Å². The Morgan fingerprint density at radius 1 is 0.846 bits per heavy atom. The van der Waals surface area contributed by atoms with Crippen LogP contribution in [0.5, 0.6) is 5.75 Å². The number of aromatic hydroxyl groups is 1. The first-order chi connectivity index (χ1) is 12.6. The van der Waals surface area contributed by atoms with E-state index in [9.17, 15) is 13.9 Å². The van der Waals surface area contributed by atoms with E-state index in [1.54, 1.807) is 6.07 Å². The number of likely N-dealkylation sites (tertiary alicyclic amines) is 1. The van der Waals surface area contributed by atoms with Crippen molar-refractivity contribution < 1.29 is 13.9 Å². The highest BCUT2D eigenvalue weighted by Gasteiger charge is 2.28. The number of piperidine rings is 1. The predicted molar refractivity (Wildman–Crippen MR) is 99.2 cm³/mol. The minimum atomic E-state index is -0.596. The molecule has 134 valence electrons. The minimum absolute atomic E-state index is 0.156. The Morgan fingerprint density at radius 3 is 2.27 bits per heavy atom. The summed E-state index contributed by atoms with van der Waals surface area (Å²) in [6.07, 6.45) is 3.24. The molecule has 1 heterocycles. The van der Waals surface area contributed by atoms with E-state index in [-0.39, 0.29) is 11.8 Å². The molecular weight excluding hydrogens is 332 g/mol. The van der Waals surface area contributed by atoms with Crippen LogP contribution in [0.2, 0.25) is 0 Å². The number of fused-ring (bicyclic) bond motifs is 1. The van der Waals surface area contributed by atoms with Gasteiger partial charge in [-0.25, -0.2) is 8.78 Å². The van der Waals surface area contributed by atoms with Crippen LogP contribution in [0.15, 0.2) is 54.6 Å². The third-order valence-corrected chi connectivity index (χ3v) is 5.18. The summed E-state index contributed by atoms with van der Waals surface area (Å²) in [6.45, 7) is 1.68. The summed E-state index contributed by atoms with van der Waals surface area (Å²) in [6, 6.07) is 14.6. The number of hydrogen-bond donors (Lipinski definition) is 1. The summed E-state index contributed by atoms with van der Waals surface area (Å²) in [4.78, 5) is 2.22. The van der Waals surface area contributed by atoms with Crippen LogP contribution in [0, 0.1) is 11.6 Å². The highest BCUT2D eigenvalue weighted by Crippen LogP contribution is 2.40. The third kappa shape index (κ3) is 3.17. The van der Waals surface area contributed by atoms with Gasteiger partial charge in [-0.1, -0.05) is 36.8 Å². The molecule has 4 heteroatoms. The van der Waals surface area contributed by atoms with Crippen molar-refractivity contribution in [2.75, 3.05) is 13.1 Å². The van der Waals surface area contributed by atoms with Gasteiger partial charge in [-0.05, 0) is 60.5 Å². The van der Waals surface area contributed by atoms with Gasteiger partial charge in [0.2, 0.25) is 0 Å². The third-order valence-electron chi connectivity index (χ3n) is 5.18. The lowest BCUT2D eigenvalue weighted by molar-refractivity contribution is 0.185. The fourth-order valence-electron chi connectivity index (χ4n) is 4.04. The van der Waals surface area contributed by atoms with Crippen molar-refractivity contribution in [3.63, 3.8) is 0 Å². The maximum atomic E-state index is 14.0. The van der Waals surface area contributed by atoms with E-state index in [2.05, 4.69) is 4.90 Å². The lowest BCUT2D eigenvalue weighted by atomic mass is 9.90. The van der Waals surface area contributed by atoms with Gasteiger partial charge < -0.3 is 5.11 Å². The molecule has 3 aromatic carbocycles. The SMILES string of the molecule is Oc1ccc2ccccc2c1C(c1cc(F)cc(F)c1)N1CCCCC1. The minimum Gasteiger partial charge on any atom is -0.508 e. The highest BCUT2D eigenvalue weighted by molar-refractivity contribution is 5.88. The van der Waals surface area contributed by atoms with Crippen molar-refractivity contribution >= 4 is 10.8 Å². The molecule has 3 aromatic rings. The van der Waals surface area contributed by atoms with Crippen molar-refractivity contribution in [2.45, 2.75) is 25.3 Å². The van der Waals surface area contributed by atoms with E-state index >= 15 is 0 Å². The monoisotopic (exact) mass is 353 g/mol. The molecule has 1 aliphatic heterocycles. The number of halogens is 2. The Balaban J connectivity index is 1.95. The highest BCUT2D eigenvalue weighted by atomic mass is 19.1. The first kappa shape index (κ1) is 17.0. The molecule has 0 amide bonds. The number of phenols is 1. The topological polar surface area (TPSA) is 23.5 Å². The fourth-order valence-corrected chi connectivity index (χ4v) is 4.04. The van der Waals surface area contributed by atoms with E-state index in [4.69, 9.17) is 0 Å². The van der Waals surface area contributed by atoms with Crippen LogP contribution in [0.1, 0.15) is 36.4 Å². The van der Waals surface area contributed by atoms with Crippen LogP contribution in [0.25, 0.3) is 10.8 Å². The molecule has 1 unspecified atom stereocenters. The number of nitrogens with zero attached hydrogens (tertiary/aromatic N) is 1. The molecule has 1 aliphatic rings. The molecule has 26 heavy (non-hydrogen) atoms. The van der Waals surface area contributed by atoms with Gasteiger partial charge in [-0.3, -0.25) is 4.90 Å². The molecule has 1 N–H and O–H groups in total. The van der Waals surface area contributed by atoms with Crippen molar-refractivity contribution in [2.24, 2.45) is 0 Å². The zero-order valence-electron chi connectivity index (χ0n) is 14.5. The summed E-state index contributed by atoms with van der Waals surface area (Å²) in [5, 5.41) is 12.6. The average Bonchev–Trinajstić information content (AvgIpc) is 2.64. The van der Waals surface area contributed by atoms with Gasteiger partial charge in [0.05, 0.1) is 6.04 Å². The second-order valence-corrected chi connectivity index (χ2v) is 6.92. The molecule has 1 fully saturated rings. The molecule has 0 spiro atoms. The zero-order valence-corrected chi connectivity index (χ0v) is 14.5. The van der Waals surface area contributed by atoms with Crippen LogP contribution in [-0.2, 0) is 0 Å². The van der Waals surface area contributed by atoms with Gasteiger partial charge in [0.15, 0.2) is 0 Å². The van der Waals surface area contributed by atoms with Crippen LogP contribution in [0.4, 0.5) is 8.78 Å². The summed E-state index contributed by atoms with van der Waals surface area (Å²) in [7, 11) is 0. The Kier molecular flexibility index (Phi) is 4.60. The Morgan fingerprint density at radius 2 is 1.54 bits per heavy atom. The van der Waals surface area contributed by atoms with E-state index in [0.29, 0.717) is 5.56 Å². The lowest BCUT2D eigenvalue weighted by Crippen LogP contribution is -2.34. The molecule has 1 saturated heterocycles. The second-order valence-electron chi connectivity index (χ2n) is 6.92. The van der Waals surface area contributed by atoms with Gasteiger partial charge in [0.25, 0.3) is 0 Å². The first-order valence-corrected chi connectivity index (χ1v) is 9.04. The molecule has 4 rings (SSSR count). The van der Waals surface area contributed by atoms with Gasteiger partial charge in [-0.15, -0.1) is 0 Å². The molecule has 2 nitrogen and oxygen atoms in total. The standard InChI is InChI=1S/C22H21F2NO/c23-17-12-16(13-18(24)14-17)22(25-10-4-1-5-11-25)21-19-7-3-2-6-15(19)8-9-20(21)26/h2-3,6-9,12-14,22,26H,1,4-5,10-11H2. The van der Waals surface area contributed by atoms with Gasteiger partial charge in [-0.2, -0.15) is 0 Å². The Labute approximate surface area is 151 Å². The Bertz CT molecular complexity index is 914. The van der Waals surface area contributed by atoms with Crippen LogP contribution < -0.4 is 0 Å². The molecular formula is C22H21F2NO. The van der Waals surface area contributed by atoms with E-state index in [0.717, 1.165) is 54.8 Å². The van der Waals surface area contributed by atoms with Crippen LogP contribution in [0.3, 0.4) is 0 Å². The molecule has 0 radical (unpaired) electrons. The van der Waals surface area contributed by atoms with Gasteiger partial charge in [0, 0.05) is 11.6 Å². The largest absolute Gasteiger partial charge is 0.508 e. The van der Waals surface area contributed by atoms with Gasteiger partial charge >= 0.3 is 0 Å². The number of rotatable bonds is 3. The Hall–Kier alpha value is -2.46. The van der Waals surface area contributed by atoms with E-state index < -0.39 is 11.6 Å². The van der Waals surface area contributed by atoms with Gasteiger partial charge in [0.1, 0.15) is 17.4 Å². The summed E-state index contributed by atoms with van der Waals surface area (Å²) < 4.78 is 27.9. The molecule has 1 atom stereocenters. The van der Waals surface area contributed by atoms with E-state index in [1.807, 2.05) is 30.3 Å². The van der Waals surface area contributed by atoms with Crippen molar-refractivity contribution in [3.8, 4) is 5.75 Å². The molecule has 0 aromatic heterocycles. The first-order valence-electron chi connectivity index (χ1n) is 9.04. The number of hydrogen-bond acceptors (Lipinski definition) is 2.